The van der Waals surface area contributed by atoms with Gasteiger partial charge in [-0.3, -0.25) is 4.21 Å². The number of rotatable bonds is 5. The van der Waals surface area contributed by atoms with Crippen LogP contribution < -0.4 is 10.5 Å². The van der Waals surface area contributed by atoms with E-state index in [0.29, 0.717) is 22.9 Å². The van der Waals surface area contributed by atoms with Gasteiger partial charge < -0.3 is 10.5 Å². The van der Waals surface area contributed by atoms with E-state index in [-0.39, 0.29) is 0 Å². The summed E-state index contributed by atoms with van der Waals surface area (Å²) < 4.78 is 17.2. The first-order valence-corrected chi connectivity index (χ1v) is 7.49. The van der Waals surface area contributed by atoms with Crippen molar-refractivity contribution in [2.45, 2.75) is 11.5 Å². The Morgan fingerprint density at radius 3 is 2.37 bits per heavy atom. The zero-order valence-corrected chi connectivity index (χ0v) is 11.7. The van der Waals surface area contributed by atoms with Crippen molar-refractivity contribution in [1.82, 2.24) is 0 Å². The highest BCUT2D eigenvalue weighted by atomic mass is 32.2. The maximum Gasteiger partial charge on any atom is 0.141 e. The topological polar surface area (TPSA) is 52.3 Å². The number of nitrogens with two attached hydrogens (primary N) is 1. The number of hydrogen-bond acceptors (Lipinski definition) is 3. The number of hydrogen-bond donors (Lipinski definition) is 1. The second-order valence-electron chi connectivity index (χ2n) is 4.29. The standard InChI is InChI=1S/C15H17NO2S/c1-18-15-8-7-13(9-14(15)16)11-19(17)10-12-5-3-2-4-6-12/h2-9H,10-11,16H2,1H3. The molecular formula is C15H17NO2S. The largest absolute Gasteiger partial charge is 0.495 e. The van der Waals surface area contributed by atoms with Crippen LogP contribution >= 0.6 is 0 Å². The molecule has 2 rings (SSSR count). The van der Waals surface area contributed by atoms with Gasteiger partial charge >= 0.3 is 0 Å². The molecule has 0 aliphatic rings. The van der Waals surface area contributed by atoms with E-state index < -0.39 is 10.8 Å². The molecule has 0 saturated heterocycles. The molecule has 0 aromatic heterocycles. The molecule has 1 atom stereocenters. The summed E-state index contributed by atoms with van der Waals surface area (Å²) in [5.74, 6) is 1.72. The highest BCUT2D eigenvalue weighted by Gasteiger charge is 2.06. The Hall–Kier alpha value is -1.81. The minimum Gasteiger partial charge on any atom is -0.495 e. The third kappa shape index (κ3) is 3.83. The van der Waals surface area contributed by atoms with Gasteiger partial charge in [0.05, 0.1) is 12.8 Å². The van der Waals surface area contributed by atoms with E-state index in [0.717, 1.165) is 11.1 Å². The van der Waals surface area contributed by atoms with Gasteiger partial charge in [0.2, 0.25) is 0 Å². The van der Waals surface area contributed by atoms with E-state index in [4.69, 9.17) is 10.5 Å². The second-order valence-corrected chi connectivity index (χ2v) is 5.75. The molecule has 100 valence electrons. The minimum atomic E-state index is -0.935. The summed E-state index contributed by atoms with van der Waals surface area (Å²) in [6.07, 6.45) is 0. The van der Waals surface area contributed by atoms with E-state index in [1.165, 1.54) is 0 Å². The molecule has 0 spiro atoms. The van der Waals surface area contributed by atoms with Gasteiger partial charge in [-0.2, -0.15) is 0 Å². The average molecular weight is 275 g/mol. The van der Waals surface area contributed by atoms with Crippen LogP contribution in [0.5, 0.6) is 5.75 Å². The van der Waals surface area contributed by atoms with Crippen molar-refractivity contribution in [2.75, 3.05) is 12.8 Å². The van der Waals surface area contributed by atoms with Crippen molar-refractivity contribution in [3.05, 3.63) is 59.7 Å². The fraction of sp³-hybridized carbons (Fsp3) is 0.200. The van der Waals surface area contributed by atoms with Crippen LogP contribution in [0.3, 0.4) is 0 Å². The number of ether oxygens (including phenoxy) is 1. The Balaban J connectivity index is 2.01. The number of benzene rings is 2. The second kappa shape index (κ2) is 6.38. The lowest BCUT2D eigenvalue weighted by Crippen LogP contribution is -2.01. The summed E-state index contributed by atoms with van der Waals surface area (Å²) in [5, 5.41) is 0. The minimum absolute atomic E-state index is 0.503. The molecule has 0 radical (unpaired) electrons. The zero-order chi connectivity index (χ0) is 13.7. The third-order valence-electron chi connectivity index (χ3n) is 2.79. The van der Waals surface area contributed by atoms with Crippen molar-refractivity contribution < 1.29 is 8.95 Å². The fourth-order valence-electron chi connectivity index (χ4n) is 1.87. The van der Waals surface area contributed by atoms with Gasteiger partial charge in [0.15, 0.2) is 0 Å². The van der Waals surface area contributed by atoms with Crippen molar-refractivity contribution in [2.24, 2.45) is 0 Å². The molecule has 2 aromatic rings. The van der Waals surface area contributed by atoms with E-state index >= 15 is 0 Å². The van der Waals surface area contributed by atoms with Crippen LogP contribution in [0.25, 0.3) is 0 Å². The molecule has 4 heteroatoms. The van der Waals surface area contributed by atoms with Gasteiger partial charge in [-0.25, -0.2) is 0 Å². The Kier molecular flexibility index (Phi) is 4.58. The molecule has 0 fully saturated rings. The van der Waals surface area contributed by atoms with Crippen LogP contribution in [-0.2, 0) is 22.3 Å². The van der Waals surface area contributed by atoms with Gasteiger partial charge in [0, 0.05) is 22.3 Å². The van der Waals surface area contributed by atoms with Crippen LogP contribution in [0.4, 0.5) is 5.69 Å². The monoisotopic (exact) mass is 275 g/mol. The first-order chi connectivity index (χ1) is 9.19. The van der Waals surface area contributed by atoms with Crippen LogP contribution in [0.2, 0.25) is 0 Å². The predicted octanol–water partition coefficient (Wildman–Crippen LogP) is 2.73. The highest BCUT2D eigenvalue weighted by molar-refractivity contribution is 7.83. The zero-order valence-electron chi connectivity index (χ0n) is 10.8. The van der Waals surface area contributed by atoms with Gasteiger partial charge in [-0.15, -0.1) is 0 Å². The molecule has 3 nitrogen and oxygen atoms in total. The lowest BCUT2D eigenvalue weighted by atomic mass is 10.2. The van der Waals surface area contributed by atoms with Crippen LogP contribution in [0.1, 0.15) is 11.1 Å². The molecule has 0 saturated carbocycles. The summed E-state index contributed by atoms with van der Waals surface area (Å²) in [6, 6.07) is 15.4. The van der Waals surface area contributed by atoms with Crippen LogP contribution in [0, 0.1) is 0 Å². The smallest absolute Gasteiger partial charge is 0.141 e. The Labute approximate surface area is 115 Å². The maximum absolute atomic E-state index is 12.1. The van der Waals surface area contributed by atoms with Gasteiger partial charge in [0.25, 0.3) is 0 Å². The first kappa shape index (κ1) is 13.6. The quantitative estimate of drug-likeness (QED) is 0.854. The molecule has 0 aliphatic carbocycles. The maximum atomic E-state index is 12.1. The molecule has 19 heavy (non-hydrogen) atoms. The van der Waals surface area contributed by atoms with Gasteiger partial charge in [-0.1, -0.05) is 36.4 Å². The summed E-state index contributed by atoms with van der Waals surface area (Å²) >= 11 is 0. The molecule has 0 aliphatic heterocycles. The van der Waals surface area contributed by atoms with Gasteiger partial charge in [-0.05, 0) is 23.3 Å². The predicted molar refractivity (Wildman–Crippen MR) is 79.4 cm³/mol. The van der Waals surface area contributed by atoms with Crippen molar-refractivity contribution >= 4 is 16.5 Å². The molecular weight excluding hydrogens is 258 g/mol. The Bertz CT molecular complexity index is 570. The normalized spacial score (nSPS) is 12.1. The average Bonchev–Trinajstić information content (AvgIpc) is 2.40. The van der Waals surface area contributed by atoms with E-state index in [2.05, 4.69) is 0 Å². The summed E-state index contributed by atoms with van der Waals surface area (Å²) in [7, 11) is 0.647. The van der Waals surface area contributed by atoms with Crippen molar-refractivity contribution in [3.8, 4) is 5.75 Å². The van der Waals surface area contributed by atoms with Crippen molar-refractivity contribution in [3.63, 3.8) is 0 Å². The number of methoxy groups -OCH3 is 1. The Morgan fingerprint density at radius 2 is 1.74 bits per heavy atom. The molecule has 2 aromatic carbocycles. The number of nitrogen functional groups attached to an aromatic ring is 1. The summed E-state index contributed by atoms with van der Waals surface area (Å²) in [4.78, 5) is 0. The van der Waals surface area contributed by atoms with Crippen molar-refractivity contribution in [1.29, 1.82) is 0 Å². The number of anilines is 1. The molecule has 2 N–H and O–H groups in total. The summed E-state index contributed by atoms with van der Waals surface area (Å²) in [6.45, 7) is 0. The SMILES string of the molecule is COc1ccc(CS(=O)Cc2ccccc2)cc1N. The lowest BCUT2D eigenvalue weighted by molar-refractivity contribution is 0.417. The molecule has 1 unspecified atom stereocenters. The van der Waals surface area contributed by atoms with Crippen LogP contribution in [-0.4, -0.2) is 11.3 Å². The Morgan fingerprint density at radius 1 is 1.05 bits per heavy atom. The highest BCUT2D eigenvalue weighted by Crippen LogP contribution is 2.22. The molecule has 0 heterocycles. The third-order valence-corrected chi connectivity index (χ3v) is 4.10. The van der Waals surface area contributed by atoms with E-state index in [1.54, 1.807) is 7.11 Å². The van der Waals surface area contributed by atoms with Gasteiger partial charge in [0.1, 0.15) is 5.75 Å². The van der Waals surface area contributed by atoms with Crippen LogP contribution in [0.15, 0.2) is 48.5 Å². The fourth-order valence-corrected chi connectivity index (χ4v) is 3.09. The first-order valence-electron chi connectivity index (χ1n) is 6.00. The lowest BCUT2D eigenvalue weighted by Gasteiger charge is -2.07. The molecule has 0 amide bonds. The van der Waals surface area contributed by atoms with E-state index in [1.807, 2.05) is 48.5 Å². The summed E-state index contributed by atoms with van der Waals surface area (Å²) in [5.41, 5.74) is 8.47. The molecule has 0 bridgehead atoms. The van der Waals surface area contributed by atoms with E-state index in [9.17, 15) is 4.21 Å².